The summed E-state index contributed by atoms with van der Waals surface area (Å²) in [5, 5.41) is 19.1. The van der Waals surface area contributed by atoms with Crippen LogP contribution in [0.4, 0.5) is 18.9 Å². The summed E-state index contributed by atoms with van der Waals surface area (Å²) >= 11 is 0. The molecule has 3 aromatic rings. The van der Waals surface area contributed by atoms with Crippen molar-refractivity contribution in [1.82, 2.24) is 20.1 Å². The second kappa shape index (κ2) is 9.30. The molecule has 0 amide bonds. The van der Waals surface area contributed by atoms with E-state index in [1.54, 1.807) is 19.1 Å². The SMILES string of the molecule is C[C@@H](NC1CCN(c2ccc(F)cc2)CC1)[C@](O)(Cn1cncn1)c1ccc(F)cc1F. The van der Waals surface area contributed by atoms with Crippen molar-refractivity contribution in [2.75, 3.05) is 18.0 Å². The number of halogens is 3. The van der Waals surface area contributed by atoms with Crippen LogP contribution in [0.5, 0.6) is 0 Å². The number of nitrogens with one attached hydrogen (secondary N) is 1. The number of anilines is 1. The van der Waals surface area contributed by atoms with Crippen molar-refractivity contribution in [2.24, 2.45) is 0 Å². The van der Waals surface area contributed by atoms with Crippen LogP contribution in [0, 0.1) is 17.5 Å². The van der Waals surface area contributed by atoms with Gasteiger partial charge in [0.2, 0.25) is 0 Å². The topological polar surface area (TPSA) is 66.2 Å². The van der Waals surface area contributed by atoms with Gasteiger partial charge in [0.1, 0.15) is 35.7 Å². The zero-order chi connectivity index (χ0) is 22.7. The highest BCUT2D eigenvalue weighted by Gasteiger charge is 2.40. The summed E-state index contributed by atoms with van der Waals surface area (Å²) in [6.07, 6.45) is 4.38. The zero-order valence-electron chi connectivity index (χ0n) is 17.8. The lowest BCUT2D eigenvalue weighted by atomic mass is 9.85. The van der Waals surface area contributed by atoms with Crippen molar-refractivity contribution in [1.29, 1.82) is 0 Å². The van der Waals surface area contributed by atoms with Gasteiger partial charge in [-0.15, -0.1) is 0 Å². The number of aliphatic hydroxyl groups is 1. The quantitative estimate of drug-likeness (QED) is 0.585. The van der Waals surface area contributed by atoms with Crippen molar-refractivity contribution in [3.05, 3.63) is 78.1 Å². The summed E-state index contributed by atoms with van der Waals surface area (Å²) in [7, 11) is 0. The summed E-state index contributed by atoms with van der Waals surface area (Å²) < 4.78 is 42.8. The molecule has 1 fully saturated rings. The normalized spacial score (nSPS) is 17.8. The van der Waals surface area contributed by atoms with Gasteiger partial charge in [0, 0.05) is 42.5 Å². The van der Waals surface area contributed by atoms with Crippen LogP contribution in [0.3, 0.4) is 0 Å². The van der Waals surface area contributed by atoms with Crippen LogP contribution in [0.2, 0.25) is 0 Å². The minimum Gasteiger partial charge on any atom is -0.381 e. The third kappa shape index (κ3) is 4.78. The minimum atomic E-state index is -1.68. The van der Waals surface area contributed by atoms with Gasteiger partial charge in [0.15, 0.2) is 0 Å². The second-order valence-electron chi connectivity index (χ2n) is 8.27. The summed E-state index contributed by atoms with van der Waals surface area (Å²) in [6.45, 7) is 3.27. The lowest BCUT2D eigenvalue weighted by molar-refractivity contribution is -0.0242. The Labute approximate surface area is 184 Å². The maximum absolute atomic E-state index is 14.7. The molecule has 0 aliphatic carbocycles. The van der Waals surface area contributed by atoms with E-state index in [0.29, 0.717) is 0 Å². The highest BCUT2D eigenvalue weighted by Crippen LogP contribution is 2.31. The van der Waals surface area contributed by atoms with Crippen LogP contribution in [-0.2, 0) is 12.1 Å². The van der Waals surface area contributed by atoms with Gasteiger partial charge < -0.3 is 15.3 Å². The van der Waals surface area contributed by atoms with E-state index in [1.807, 2.05) is 0 Å². The van der Waals surface area contributed by atoms with Crippen molar-refractivity contribution in [3.8, 4) is 0 Å². The molecule has 2 heterocycles. The number of hydrogen-bond donors (Lipinski definition) is 2. The van der Waals surface area contributed by atoms with E-state index in [4.69, 9.17) is 0 Å². The summed E-state index contributed by atoms with van der Waals surface area (Å²) in [5.74, 6) is -1.78. The Bertz CT molecular complexity index is 1020. The van der Waals surface area contributed by atoms with E-state index in [0.717, 1.165) is 43.8 Å². The summed E-state index contributed by atoms with van der Waals surface area (Å²) in [5.41, 5.74) is -0.716. The molecule has 4 rings (SSSR count). The van der Waals surface area contributed by atoms with Crippen LogP contribution >= 0.6 is 0 Å². The Balaban J connectivity index is 1.48. The lowest BCUT2D eigenvalue weighted by Crippen LogP contribution is -2.55. The van der Waals surface area contributed by atoms with E-state index in [1.165, 1.54) is 35.5 Å². The van der Waals surface area contributed by atoms with Crippen molar-refractivity contribution in [2.45, 2.75) is 44.0 Å². The Kier molecular flexibility index (Phi) is 6.48. The Morgan fingerprint density at radius 3 is 2.41 bits per heavy atom. The molecule has 0 radical (unpaired) electrons. The molecule has 1 aliphatic rings. The molecule has 1 saturated heterocycles. The minimum absolute atomic E-state index is 0.00171. The number of rotatable bonds is 7. The van der Waals surface area contributed by atoms with Crippen LogP contribution in [0.25, 0.3) is 0 Å². The highest BCUT2D eigenvalue weighted by molar-refractivity contribution is 5.46. The molecule has 2 N–H and O–H groups in total. The Hall–Kier alpha value is -2.91. The molecule has 0 bridgehead atoms. The van der Waals surface area contributed by atoms with E-state index in [2.05, 4.69) is 20.3 Å². The third-order valence-corrected chi connectivity index (χ3v) is 6.16. The Morgan fingerprint density at radius 2 is 1.78 bits per heavy atom. The number of benzene rings is 2. The first kappa shape index (κ1) is 22.3. The van der Waals surface area contributed by atoms with Crippen LogP contribution < -0.4 is 10.2 Å². The Morgan fingerprint density at radius 1 is 1.09 bits per heavy atom. The molecule has 2 aromatic carbocycles. The molecule has 1 aromatic heterocycles. The van der Waals surface area contributed by atoms with Crippen molar-refractivity contribution >= 4 is 5.69 Å². The smallest absolute Gasteiger partial charge is 0.137 e. The predicted octanol–water partition coefficient (Wildman–Crippen LogP) is 3.23. The van der Waals surface area contributed by atoms with E-state index < -0.39 is 23.3 Å². The summed E-state index contributed by atoms with van der Waals surface area (Å²) in [6, 6.07) is 9.14. The third-order valence-electron chi connectivity index (χ3n) is 6.16. The molecule has 170 valence electrons. The molecule has 1 aliphatic heterocycles. The maximum Gasteiger partial charge on any atom is 0.137 e. The van der Waals surface area contributed by atoms with Crippen molar-refractivity contribution in [3.63, 3.8) is 0 Å². The van der Waals surface area contributed by atoms with Gasteiger partial charge in [-0.3, -0.25) is 0 Å². The van der Waals surface area contributed by atoms with Crippen LogP contribution in [0.15, 0.2) is 55.1 Å². The molecule has 0 spiro atoms. The van der Waals surface area contributed by atoms with Gasteiger partial charge in [-0.2, -0.15) is 5.10 Å². The van der Waals surface area contributed by atoms with Gasteiger partial charge in [-0.1, -0.05) is 6.07 Å². The molecule has 0 saturated carbocycles. The number of nitrogens with zero attached hydrogens (tertiary/aromatic N) is 4. The van der Waals surface area contributed by atoms with Gasteiger partial charge in [0.05, 0.1) is 6.54 Å². The lowest BCUT2D eigenvalue weighted by Gasteiger charge is -2.40. The van der Waals surface area contributed by atoms with Gasteiger partial charge in [-0.05, 0) is 50.1 Å². The van der Waals surface area contributed by atoms with Gasteiger partial charge >= 0.3 is 0 Å². The molecule has 6 nitrogen and oxygen atoms in total. The molecular formula is C23H26F3N5O. The van der Waals surface area contributed by atoms with E-state index >= 15 is 0 Å². The second-order valence-corrected chi connectivity index (χ2v) is 8.27. The first-order valence-corrected chi connectivity index (χ1v) is 10.6. The number of piperidine rings is 1. The fourth-order valence-corrected chi connectivity index (χ4v) is 4.30. The van der Waals surface area contributed by atoms with Crippen LogP contribution in [0.1, 0.15) is 25.3 Å². The fourth-order valence-electron chi connectivity index (χ4n) is 4.30. The van der Waals surface area contributed by atoms with Crippen LogP contribution in [-0.4, -0.2) is 45.0 Å². The van der Waals surface area contributed by atoms with Gasteiger partial charge in [0.25, 0.3) is 0 Å². The molecule has 2 atom stereocenters. The zero-order valence-corrected chi connectivity index (χ0v) is 17.8. The predicted molar refractivity (Wildman–Crippen MR) is 115 cm³/mol. The largest absolute Gasteiger partial charge is 0.381 e. The first-order chi connectivity index (χ1) is 15.3. The molecule has 32 heavy (non-hydrogen) atoms. The van der Waals surface area contributed by atoms with E-state index in [9.17, 15) is 18.3 Å². The highest BCUT2D eigenvalue weighted by atomic mass is 19.1. The number of hydrogen-bond acceptors (Lipinski definition) is 5. The molecule has 9 heteroatoms. The average Bonchev–Trinajstić information content (AvgIpc) is 3.27. The van der Waals surface area contributed by atoms with E-state index in [-0.39, 0.29) is 24.0 Å². The molecule has 0 unspecified atom stereocenters. The first-order valence-electron chi connectivity index (χ1n) is 10.6. The average molecular weight is 445 g/mol. The number of aromatic nitrogens is 3. The summed E-state index contributed by atoms with van der Waals surface area (Å²) in [4.78, 5) is 6.08. The maximum atomic E-state index is 14.7. The molecular weight excluding hydrogens is 419 g/mol. The monoisotopic (exact) mass is 445 g/mol. The van der Waals surface area contributed by atoms with Crippen molar-refractivity contribution < 1.29 is 18.3 Å². The standard InChI is InChI=1S/C23H26F3N5O/c1-16(29-19-8-10-30(11-9-19)20-5-2-17(24)3-6-20)23(32,13-31-15-27-14-28-31)21-7-4-18(25)12-22(21)26/h2-7,12,14-16,19,29,32H,8-11,13H2,1H3/t16-,23-/m1/s1. The fraction of sp³-hybridized carbons (Fsp3) is 0.391. The van der Waals surface area contributed by atoms with Gasteiger partial charge in [-0.25, -0.2) is 22.8 Å².